The van der Waals surface area contributed by atoms with Crippen LogP contribution in [0.15, 0.2) is 29.2 Å². The summed E-state index contributed by atoms with van der Waals surface area (Å²) < 4.78 is 0. The molecule has 1 aromatic rings. The molecule has 0 radical (unpaired) electrons. The lowest BCUT2D eigenvalue weighted by Crippen LogP contribution is -2.34. The summed E-state index contributed by atoms with van der Waals surface area (Å²) in [7, 11) is 0. The SMILES string of the molecule is CCSc1ccc(C(=O)N2CCCNCC2)cc1. The number of carbonyl (C=O) groups excluding carboxylic acids is 1. The molecule has 0 spiro atoms. The van der Waals surface area contributed by atoms with E-state index in [9.17, 15) is 4.79 Å². The molecule has 98 valence electrons. The fourth-order valence-corrected chi connectivity index (χ4v) is 2.75. The molecule has 1 fully saturated rings. The molecule has 1 N–H and O–H groups in total. The normalized spacial score (nSPS) is 16.4. The second-order valence-corrected chi connectivity index (χ2v) is 5.69. The summed E-state index contributed by atoms with van der Waals surface area (Å²) in [5, 5.41) is 3.31. The summed E-state index contributed by atoms with van der Waals surface area (Å²) >= 11 is 1.80. The van der Waals surface area contributed by atoms with Crippen LogP contribution in [-0.4, -0.2) is 42.7 Å². The van der Waals surface area contributed by atoms with Gasteiger partial charge in [-0.1, -0.05) is 6.92 Å². The van der Waals surface area contributed by atoms with Crippen molar-refractivity contribution in [2.24, 2.45) is 0 Å². The molecule has 0 atom stereocenters. The first-order chi connectivity index (χ1) is 8.81. The third kappa shape index (κ3) is 3.50. The monoisotopic (exact) mass is 264 g/mol. The van der Waals surface area contributed by atoms with Crippen LogP contribution >= 0.6 is 11.8 Å². The van der Waals surface area contributed by atoms with Crippen molar-refractivity contribution in [3.8, 4) is 0 Å². The molecular weight excluding hydrogens is 244 g/mol. The van der Waals surface area contributed by atoms with E-state index in [1.54, 1.807) is 11.8 Å². The van der Waals surface area contributed by atoms with Crippen LogP contribution < -0.4 is 5.32 Å². The Hall–Kier alpha value is -1.00. The van der Waals surface area contributed by atoms with Crippen LogP contribution in [0, 0.1) is 0 Å². The molecule has 1 aliphatic rings. The van der Waals surface area contributed by atoms with Gasteiger partial charge in [-0.3, -0.25) is 4.79 Å². The third-order valence-corrected chi connectivity index (χ3v) is 3.93. The standard InChI is InChI=1S/C14H20N2OS/c1-2-18-13-6-4-12(5-7-13)14(17)16-10-3-8-15-9-11-16/h4-7,15H,2-3,8-11H2,1H3. The highest BCUT2D eigenvalue weighted by atomic mass is 32.2. The number of thioether (sulfide) groups is 1. The summed E-state index contributed by atoms with van der Waals surface area (Å²) in [6.07, 6.45) is 1.04. The van der Waals surface area contributed by atoms with E-state index < -0.39 is 0 Å². The number of rotatable bonds is 3. The van der Waals surface area contributed by atoms with Gasteiger partial charge in [0.2, 0.25) is 0 Å². The predicted octanol–water partition coefficient (Wildman–Crippen LogP) is 2.23. The van der Waals surface area contributed by atoms with Gasteiger partial charge in [0.1, 0.15) is 0 Å². The Balaban J connectivity index is 2.02. The van der Waals surface area contributed by atoms with Crippen LogP contribution in [0.5, 0.6) is 0 Å². The number of hydrogen-bond acceptors (Lipinski definition) is 3. The van der Waals surface area contributed by atoms with Gasteiger partial charge in [-0.05, 0) is 43.0 Å². The van der Waals surface area contributed by atoms with E-state index in [2.05, 4.69) is 12.2 Å². The van der Waals surface area contributed by atoms with Gasteiger partial charge in [-0.15, -0.1) is 11.8 Å². The maximum atomic E-state index is 12.3. The second kappa shape index (κ2) is 6.81. The maximum absolute atomic E-state index is 12.3. The predicted molar refractivity (Wildman–Crippen MR) is 76.2 cm³/mol. The van der Waals surface area contributed by atoms with Gasteiger partial charge in [-0.25, -0.2) is 0 Å². The average Bonchev–Trinajstić information content (AvgIpc) is 2.68. The Morgan fingerprint density at radius 1 is 1.28 bits per heavy atom. The molecule has 18 heavy (non-hydrogen) atoms. The van der Waals surface area contributed by atoms with Crippen LogP contribution in [0.2, 0.25) is 0 Å². The Kier molecular flexibility index (Phi) is 5.08. The molecule has 3 nitrogen and oxygen atoms in total. The van der Waals surface area contributed by atoms with E-state index in [-0.39, 0.29) is 5.91 Å². The second-order valence-electron chi connectivity index (χ2n) is 4.35. The lowest BCUT2D eigenvalue weighted by Gasteiger charge is -2.20. The van der Waals surface area contributed by atoms with E-state index in [0.717, 1.165) is 43.9 Å². The summed E-state index contributed by atoms with van der Waals surface area (Å²) in [5.74, 6) is 1.22. The highest BCUT2D eigenvalue weighted by molar-refractivity contribution is 7.99. The van der Waals surface area contributed by atoms with Crippen molar-refractivity contribution in [2.45, 2.75) is 18.2 Å². The van der Waals surface area contributed by atoms with Gasteiger partial charge in [0.25, 0.3) is 5.91 Å². The number of carbonyl (C=O) groups is 1. The zero-order valence-electron chi connectivity index (χ0n) is 10.8. The van der Waals surface area contributed by atoms with Crippen molar-refractivity contribution in [3.63, 3.8) is 0 Å². The summed E-state index contributed by atoms with van der Waals surface area (Å²) in [4.78, 5) is 15.5. The van der Waals surface area contributed by atoms with Crippen molar-refractivity contribution in [2.75, 3.05) is 31.9 Å². The topological polar surface area (TPSA) is 32.3 Å². The fraction of sp³-hybridized carbons (Fsp3) is 0.500. The zero-order valence-corrected chi connectivity index (χ0v) is 11.6. The first kappa shape index (κ1) is 13.4. The number of nitrogens with one attached hydrogen (secondary N) is 1. The lowest BCUT2D eigenvalue weighted by atomic mass is 10.2. The summed E-state index contributed by atoms with van der Waals surface area (Å²) in [6, 6.07) is 7.96. The summed E-state index contributed by atoms with van der Waals surface area (Å²) in [5.41, 5.74) is 0.803. The van der Waals surface area contributed by atoms with Gasteiger partial charge in [0.15, 0.2) is 0 Å². The Bertz CT molecular complexity index is 383. The molecule has 0 saturated carbocycles. The van der Waals surface area contributed by atoms with Crippen molar-refractivity contribution >= 4 is 17.7 Å². The third-order valence-electron chi connectivity index (χ3n) is 3.04. The Morgan fingerprint density at radius 3 is 2.78 bits per heavy atom. The highest BCUT2D eigenvalue weighted by Crippen LogP contribution is 2.18. The smallest absolute Gasteiger partial charge is 0.253 e. The van der Waals surface area contributed by atoms with Gasteiger partial charge in [0, 0.05) is 30.1 Å². The van der Waals surface area contributed by atoms with E-state index in [4.69, 9.17) is 0 Å². The first-order valence-electron chi connectivity index (χ1n) is 6.54. The zero-order chi connectivity index (χ0) is 12.8. The van der Waals surface area contributed by atoms with E-state index in [0.29, 0.717) is 0 Å². The Labute approximate surface area is 113 Å². The quantitative estimate of drug-likeness (QED) is 0.850. The Morgan fingerprint density at radius 2 is 2.06 bits per heavy atom. The van der Waals surface area contributed by atoms with Crippen molar-refractivity contribution in [1.82, 2.24) is 10.2 Å². The van der Waals surface area contributed by atoms with Gasteiger partial charge in [0.05, 0.1) is 0 Å². The number of hydrogen-bond donors (Lipinski definition) is 1. The molecule has 0 aromatic heterocycles. The minimum absolute atomic E-state index is 0.159. The summed E-state index contributed by atoms with van der Waals surface area (Å²) in [6.45, 7) is 5.71. The van der Waals surface area contributed by atoms with Crippen molar-refractivity contribution < 1.29 is 4.79 Å². The van der Waals surface area contributed by atoms with Crippen LogP contribution in [-0.2, 0) is 0 Å². The average molecular weight is 264 g/mol. The van der Waals surface area contributed by atoms with E-state index in [1.807, 2.05) is 29.2 Å². The minimum atomic E-state index is 0.159. The minimum Gasteiger partial charge on any atom is -0.337 e. The van der Waals surface area contributed by atoms with Crippen LogP contribution in [0.3, 0.4) is 0 Å². The molecular formula is C14H20N2OS. The van der Waals surface area contributed by atoms with E-state index >= 15 is 0 Å². The highest BCUT2D eigenvalue weighted by Gasteiger charge is 2.16. The molecule has 1 aliphatic heterocycles. The molecule has 2 rings (SSSR count). The lowest BCUT2D eigenvalue weighted by molar-refractivity contribution is 0.0766. The first-order valence-corrected chi connectivity index (χ1v) is 7.52. The van der Waals surface area contributed by atoms with Crippen LogP contribution in [0.25, 0.3) is 0 Å². The fourth-order valence-electron chi connectivity index (χ4n) is 2.09. The molecule has 1 aromatic carbocycles. The molecule has 1 heterocycles. The maximum Gasteiger partial charge on any atom is 0.253 e. The van der Waals surface area contributed by atoms with Gasteiger partial charge < -0.3 is 10.2 Å². The number of benzene rings is 1. The van der Waals surface area contributed by atoms with Crippen LogP contribution in [0.4, 0.5) is 0 Å². The molecule has 0 unspecified atom stereocenters. The molecule has 0 bridgehead atoms. The van der Waals surface area contributed by atoms with Gasteiger partial charge in [-0.2, -0.15) is 0 Å². The molecule has 1 saturated heterocycles. The van der Waals surface area contributed by atoms with E-state index in [1.165, 1.54) is 4.90 Å². The molecule has 1 amide bonds. The van der Waals surface area contributed by atoms with Gasteiger partial charge >= 0.3 is 0 Å². The van der Waals surface area contributed by atoms with Crippen molar-refractivity contribution in [1.29, 1.82) is 0 Å². The van der Waals surface area contributed by atoms with Crippen molar-refractivity contribution in [3.05, 3.63) is 29.8 Å². The number of nitrogens with zero attached hydrogens (tertiary/aromatic N) is 1. The number of amides is 1. The molecule has 4 heteroatoms. The van der Waals surface area contributed by atoms with Crippen LogP contribution in [0.1, 0.15) is 23.7 Å². The molecule has 0 aliphatic carbocycles. The largest absolute Gasteiger partial charge is 0.337 e.